The summed E-state index contributed by atoms with van der Waals surface area (Å²) in [5, 5.41) is 9.91. The number of aryl methyl sites for hydroxylation is 1. The second-order valence-electron chi connectivity index (χ2n) is 7.32. The Morgan fingerprint density at radius 3 is 2.58 bits per heavy atom. The molecule has 0 saturated carbocycles. The molecular weight excluding hydrogens is 437 g/mol. The van der Waals surface area contributed by atoms with Crippen LogP contribution in [0.15, 0.2) is 24.4 Å². The summed E-state index contributed by atoms with van der Waals surface area (Å²) in [5.74, 6) is 0.519. The average Bonchev–Trinajstić information content (AvgIpc) is 3.36. The number of piperidine rings is 1. The maximum atomic E-state index is 13.1. The zero-order chi connectivity index (χ0) is 22.4. The Balaban J connectivity index is 1.51. The normalized spacial score (nSPS) is 16.1. The van der Waals surface area contributed by atoms with Gasteiger partial charge in [-0.15, -0.1) is 0 Å². The molecule has 0 spiro atoms. The summed E-state index contributed by atoms with van der Waals surface area (Å²) < 4.78 is 74.1. The predicted octanol–water partition coefficient (Wildman–Crippen LogP) is 2.73. The van der Waals surface area contributed by atoms with E-state index < -0.39 is 27.1 Å². The molecule has 1 aromatic carbocycles. The molecule has 3 aromatic rings. The number of fused-ring (bicyclic) bond motifs is 1. The van der Waals surface area contributed by atoms with Crippen LogP contribution in [0.5, 0.6) is 5.75 Å². The van der Waals surface area contributed by atoms with Crippen molar-refractivity contribution in [1.82, 2.24) is 20.0 Å². The van der Waals surface area contributed by atoms with Gasteiger partial charge in [0.2, 0.25) is 10.0 Å². The first-order valence-corrected chi connectivity index (χ1v) is 11.0. The van der Waals surface area contributed by atoms with Crippen molar-refractivity contribution in [2.24, 2.45) is 7.05 Å². The number of hydrogen-bond donors (Lipinski definition) is 2. The number of halogens is 3. The molecule has 0 unspecified atom stereocenters. The molecule has 2 N–H and O–H groups in total. The molecule has 0 radical (unpaired) electrons. The Morgan fingerprint density at radius 2 is 1.97 bits per heavy atom. The standard InChI is InChI=1S/C18H21F3N6O3S/c1-26-17-11(10-22-26)3-4-13(30-2)16(17)25-31(28,29)12-5-7-27(8-6-12)15-9-14(23-24-15)18(19,20)21/h3-4,9-10,12,25H,5-8H2,1-2H3,(H,23,24). The summed E-state index contributed by atoms with van der Waals surface area (Å²) in [6, 6.07) is 4.39. The van der Waals surface area contributed by atoms with Gasteiger partial charge in [0.1, 0.15) is 17.1 Å². The topological polar surface area (TPSA) is 105 Å². The number of ether oxygens (including phenoxy) is 1. The van der Waals surface area contributed by atoms with Crippen molar-refractivity contribution in [3.05, 3.63) is 30.1 Å². The first-order valence-electron chi connectivity index (χ1n) is 9.48. The van der Waals surface area contributed by atoms with E-state index >= 15 is 0 Å². The Hall–Kier alpha value is -2.96. The second-order valence-corrected chi connectivity index (χ2v) is 9.28. The van der Waals surface area contributed by atoms with Gasteiger partial charge in [0.15, 0.2) is 5.82 Å². The van der Waals surface area contributed by atoms with Crippen LogP contribution in [0.3, 0.4) is 0 Å². The highest BCUT2D eigenvalue weighted by Crippen LogP contribution is 2.35. The molecule has 4 rings (SSSR count). The summed E-state index contributed by atoms with van der Waals surface area (Å²) in [6.45, 7) is 0.529. The van der Waals surface area contributed by atoms with Crippen molar-refractivity contribution >= 4 is 32.4 Å². The van der Waals surface area contributed by atoms with Gasteiger partial charge in [0.05, 0.1) is 24.1 Å². The van der Waals surface area contributed by atoms with E-state index in [1.165, 1.54) is 7.11 Å². The van der Waals surface area contributed by atoms with Gasteiger partial charge in [-0.25, -0.2) is 8.42 Å². The molecule has 3 heterocycles. The molecule has 1 saturated heterocycles. The third-order valence-electron chi connectivity index (χ3n) is 5.40. The van der Waals surface area contributed by atoms with Crippen molar-refractivity contribution in [3.63, 3.8) is 0 Å². The summed E-state index contributed by atoms with van der Waals surface area (Å²) in [6.07, 6.45) is -2.40. The van der Waals surface area contributed by atoms with Crippen molar-refractivity contribution < 1.29 is 26.3 Å². The lowest BCUT2D eigenvalue weighted by Gasteiger charge is -2.32. The summed E-state index contributed by atoms with van der Waals surface area (Å²) in [4.78, 5) is 1.64. The lowest BCUT2D eigenvalue weighted by molar-refractivity contribution is -0.141. The molecule has 1 fully saturated rings. The van der Waals surface area contributed by atoms with E-state index in [-0.39, 0.29) is 31.7 Å². The average molecular weight is 458 g/mol. The number of benzene rings is 1. The lowest BCUT2D eigenvalue weighted by Crippen LogP contribution is -2.41. The van der Waals surface area contributed by atoms with Gasteiger partial charge in [-0.3, -0.25) is 14.5 Å². The van der Waals surface area contributed by atoms with E-state index in [4.69, 9.17) is 4.74 Å². The number of H-pyrrole nitrogens is 1. The fourth-order valence-corrected chi connectivity index (χ4v) is 5.24. The smallest absolute Gasteiger partial charge is 0.432 e. The summed E-state index contributed by atoms with van der Waals surface area (Å²) in [5.41, 5.74) is -0.0311. The Bertz CT molecular complexity index is 1200. The maximum absolute atomic E-state index is 13.1. The molecule has 168 valence electrons. The van der Waals surface area contributed by atoms with Crippen molar-refractivity contribution in [2.45, 2.75) is 24.3 Å². The van der Waals surface area contributed by atoms with Crippen LogP contribution in [0.4, 0.5) is 24.7 Å². The van der Waals surface area contributed by atoms with Gasteiger partial charge < -0.3 is 9.64 Å². The minimum absolute atomic E-state index is 0.150. The number of methoxy groups -OCH3 is 1. The largest absolute Gasteiger partial charge is 0.494 e. The monoisotopic (exact) mass is 458 g/mol. The van der Waals surface area contributed by atoms with Crippen molar-refractivity contribution in [1.29, 1.82) is 0 Å². The highest BCUT2D eigenvalue weighted by Gasteiger charge is 2.35. The quantitative estimate of drug-likeness (QED) is 0.609. The van der Waals surface area contributed by atoms with Crippen LogP contribution in [0, 0.1) is 0 Å². The van der Waals surface area contributed by atoms with Crippen LogP contribution in [-0.4, -0.2) is 53.8 Å². The lowest BCUT2D eigenvalue weighted by atomic mass is 10.1. The Kier molecular flexibility index (Phi) is 5.23. The fraction of sp³-hybridized carbons (Fsp3) is 0.444. The van der Waals surface area contributed by atoms with E-state index in [0.717, 1.165) is 11.5 Å². The van der Waals surface area contributed by atoms with Crippen molar-refractivity contribution in [3.8, 4) is 5.75 Å². The Morgan fingerprint density at radius 1 is 1.26 bits per heavy atom. The zero-order valence-electron chi connectivity index (χ0n) is 16.8. The molecule has 0 atom stereocenters. The molecule has 2 aromatic heterocycles. The van der Waals surface area contributed by atoms with Crippen LogP contribution < -0.4 is 14.4 Å². The first kappa shape index (κ1) is 21.3. The number of nitrogens with one attached hydrogen (secondary N) is 2. The fourth-order valence-electron chi connectivity index (χ4n) is 3.76. The Labute approximate surface area is 176 Å². The zero-order valence-corrected chi connectivity index (χ0v) is 17.6. The number of hydrogen-bond acceptors (Lipinski definition) is 6. The molecule has 0 aliphatic carbocycles. The van der Waals surface area contributed by atoms with Gasteiger partial charge >= 0.3 is 6.18 Å². The van der Waals surface area contributed by atoms with Crippen LogP contribution in [0.25, 0.3) is 10.9 Å². The van der Waals surface area contributed by atoms with Gasteiger partial charge in [0, 0.05) is 31.6 Å². The van der Waals surface area contributed by atoms with Gasteiger partial charge in [0.25, 0.3) is 0 Å². The number of anilines is 2. The molecular formula is C18H21F3N6O3S. The van der Waals surface area contributed by atoms with Crippen LogP contribution >= 0.6 is 0 Å². The summed E-state index contributed by atoms with van der Waals surface area (Å²) in [7, 11) is -0.628. The SMILES string of the molecule is COc1ccc2cnn(C)c2c1NS(=O)(=O)C1CCN(c2cc(C(F)(F)F)[nH]n2)CC1. The van der Waals surface area contributed by atoms with E-state index in [2.05, 4.69) is 14.9 Å². The van der Waals surface area contributed by atoms with Crippen LogP contribution in [0.1, 0.15) is 18.5 Å². The van der Waals surface area contributed by atoms with Gasteiger partial charge in [-0.1, -0.05) is 0 Å². The molecule has 9 nitrogen and oxygen atoms in total. The number of rotatable bonds is 5. The van der Waals surface area contributed by atoms with E-state index in [9.17, 15) is 21.6 Å². The molecule has 0 bridgehead atoms. The van der Waals surface area contributed by atoms with E-state index in [1.807, 2.05) is 5.10 Å². The molecule has 13 heteroatoms. The number of alkyl halides is 3. The van der Waals surface area contributed by atoms with Crippen molar-refractivity contribution in [2.75, 3.05) is 29.8 Å². The van der Waals surface area contributed by atoms with Crippen LogP contribution in [-0.2, 0) is 23.2 Å². The highest BCUT2D eigenvalue weighted by molar-refractivity contribution is 7.93. The maximum Gasteiger partial charge on any atom is 0.432 e. The first-order chi connectivity index (χ1) is 14.6. The minimum atomic E-state index is -4.51. The second kappa shape index (κ2) is 7.62. The number of aromatic nitrogens is 4. The third kappa shape index (κ3) is 4.01. The minimum Gasteiger partial charge on any atom is -0.494 e. The molecule has 1 aliphatic heterocycles. The number of nitrogens with zero attached hydrogens (tertiary/aromatic N) is 4. The predicted molar refractivity (Wildman–Crippen MR) is 109 cm³/mol. The summed E-state index contributed by atoms with van der Waals surface area (Å²) >= 11 is 0. The molecule has 31 heavy (non-hydrogen) atoms. The molecule has 1 aliphatic rings. The van der Waals surface area contributed by atoms with E-state index in [1.54, 1.807) is 35.0 Å². The number of sulfonamides is 1. The van der Waals surface area contributed by atoms with Crippen LogP contribution in [0.2, 0.25) is 0 Å². The van der Waals surface area contributed by atoms with E-state index in [0.29, 0.717) is 17.0 Å². The van der Waals surface area contributed by atoms with Gasteiger partial charge in [-0.05, 0) is 25.0 Å². The van der Waals surface area contributed by atoms with Gasteiger partial charge in [-0.2, -0.15) is 23.4 Å². The number of aromatic amines is 1. The highest BCUT2D eigenvalue weighted by atomic mass is 32.2. The third-order valence-corrected chi connectivity index (χ3v) is 7.24. The molecule has 0 amide bonds.